The molecule has 0 aliphatic heterocycles. The van der Waals surface area contributed by atoms with E-state index >= 15 is 0 Å². The van der Waals surface area contributed by atoms with Crippen LogP contribution in [0.5, 0.6) is 0 Å². The van der Waals surface area contributed by atoms with Crippen LogP contribution in [0.3, 0.4) is 0 Å². The van der Waals surface area contributed by atoms with Crippen molar-refractivity contribution in [3.63, 3.8) is 0 Å². The van der Waals surface area contributed by atoms with Crippen LogP contribution in [-0.4, -0.2) is 11.1 Å². The SMILES string of the molecule is O=C(Nc1cccc(F)c1)OCc1cccnc1. The maximum absolute atomic E-state index is 12.9. The van der Waals surface area contributed by atoms with Crippen LogP contribution in [0.25, 0.3) is 0 Å². The van der Waals surface area contributed by atoms with Gasteiger partial charge in [0.2, 0.25) is 0 Å². The average Bonchev–Trinajstić information content (AvgIpc) is 2.38. The Hall–Kier alpha value is -2.43. The predicted octanol–water partition coefficient (Wildman–Crippen LogP) is 2.97. The lowest BCUT2D eigenvalue weighted by atomic mass is 10.3. The maximum Gasteiger partial charge on any atom is 0.411 e. The number of ether oxygens (including phenoxy) is 1. The summed E-state index contributed by atoms with van der Waals surface area (Å²) in [6, 6.07) is 9.14. The molecule has 2 aromatic rings. The number of amides is 1. The molecule has 1 heterocycles. The van der Waals surface area contributed by atoms with Gasteiger partial charge in [0.05, 0.1) is 0 Å². The highest BCUT2D eigenvalue weighted by atomic mass is 19.1. The van der Waals surface area contributed by atoms with Crippen molar-refractivity contribution >= 4 is 11.8 Å². The van der Waals surface area contributed by atoms with Gasteiger partial charge >= 0.3 is 6.09 Å². The van der Waals surface area contributed by atoms with E-state index in [9.17, 15) is 9.18 Å². The van der Waals surface area contributed by atoms with Crippen molar-refractivity contribution in [2.45, 2.75) is 6.61 Å². The molecular weight excluding hydrogens is 235 g/mol. The molecule has 0 spiro atoms. The highest BCUT2D eigenvalue weighted by molar-refractivity contribution is 5.84. The number of carbonyl (C=O) groups is 1. The standard InChI is InChI=1S/C13H11FN2O2/c14-11-4-1-5-12(7-11)16-13(17)18-9-10-3-2-6-15-8-10/h1-8H,9H2,(H,16,17). The van der Waals surface area contributed by atoms with Gasteiger partial charge in [0.15, 0.2) is 0 Å². The van der Waals surface area contributed by atoms with E-state index in [2.05, 4.69) is 10.3 Å². The van der Waals surface area contributed by atoms with E-state index in [1.165, 1.54) is 18.2 Å². The van der Waals surface area contributed by atoms with Gasteiger partial charge in [-0.3, -0.25) is 10.3 Å². The number of halogens is 1. The summed E-state index contributed by atoms with van der Waals surface area (Å²) in [5.41, 5.74) is 1.14. The maximum atomic E-state index is 12.9. The quantitative estimate of drug-likeness (QED) is 0.905. The van der Waals surface area contributed by atoms with Crippen LogP contribution >= 0.6 is 0 Å². The molecule has 92 valence electrons. The third kappa shape index (κ3) is 3.55. The minimum absolute atomic E-state index is 0.120. The Morgan fingerprint density at radius 2 is 2.22 bits per heavy atom. The lowest BCUT2D eigenvalue weighted by Crippen LogP contribution is -2.13. The van der Waals surface area contributed by atoms with E-state index in [1.54, 1.807) is 30.6 Å². The number of rotatable bonds is 3. The summed E-state index contributed by atoms with van der Waals surface area (Å²) < 4.78 is 17.8. The van der Waals surface area contributed by atoms with Crippen LogP contribution in [0.4, 0.5) is 14.9 Å². The Morgan fingerprint density at radius 1 is 1.33 bits per heavy atom. The molecule has 1 amide bonds. The fraction of sp³-hybridized carbons (Fsp3) is 0.0769. The average molecular weight is 246 g/mol. The number of hydrogen-bond acceptors (Lipinski definition) is 3. The van der Waals surface area contributed by atoms with E-state index in [0.717, 1.165) is 5.56 Å². The summed E-state index contributed by atoms with van der Waals surface area (Å²) >= 11 is 0. The van der Waals surface area contributed by atoms with Crippen LogP contribution in [0.1, 0.15) is 5.56 Å². The topological polar surface area (TPSA) is 51.2 Å². The van der Waals surface area contributed by atoms with Gasteiger partial charge in [0.1, 0.15) is 12.4 Å². The van der Waals surface area contributed by atoms with Gasteiger partial charge in [0, 0.05) is 23.6 Å². The number of benzene rings is 1. The normalized spacial score (nSPS) is 9.83. The second kappa shape index (κ2) is 5.77. The molecule has 4 nitrogen and oxygen atoms in total. The van der Waals surface area contributed by atoms with E-state index in [0.29, 0.717) is 5.69 Å². The highest BCUT2D eigenvalue weighted by Gasteiger charge is 2.04. The minimum atomic E-state index is -0.635. The number of hydrogen-bond donors (Lipinski definition) is 1. The minimum Gasteiger partial charge on any atom is -0.444 e. The van der Waals surface area contributed by atoms with Crippen molar-refractivity contribution in [1.82, 2.24) is 4.98 Å². The van der Waals surface area contributed by atoms with Crippen LogP contribution in [-0.2, 0) is 11.3 Å². The summed E-state index contributed by atoms with van der Waals surface area (Å²) in [5.74, 6) is -0.417. The van der Waals surface area contributed by atoms with Crippen molar-refractivity contribution < 1.29 is 13.9 Å². The molecule has 0 atom stereocenters. The van der Waals surface area contributed by atoms with Crippen molar-refractivity contribution in [2.24, 2.45) is 0 Å². The summed E-state index contributed by atoms with van der Waals surface area (Å²) in [4.78, 5) is 15.3. The molecule has 0 aliphatic rings. The number of pyridine rings is 1. The second-order valence-corrected chi connectivity index (χ2v) is 3.57. The van der Waals surface area contributed by atoms with E-state index < -0.39 is 11.9 Å². The molecule has 0 fully saturated rings. The fourth-order valence-electron chi connectivity index (χ4n) is 1.35. The van der Waals surface area contributed by atoms with E-state index in [4.69, 9.17) is 4.74 Å². The lowest BCUT2D eigenvalue weighted by Gasteiger charge is -2.06. The molecule has 0 unspecified atom stereocenters. The first-order valence-electron chi connectivity index (χ1n) is 5.32. The lowest BCUT2D eigenvalue weighted by molar-refractivity contribution is 0.155. The number of anilines is 1. The number of aromatic nitrogens is 1. The van der Waals surface area contributed by atoms with Crippen molar-refractivity contribution in [2.75, 3.05) is 5.32 Å². The Morgan fingerprint density at radius 3 is 2.94 bits per heavy atom. The smallest absolute Gasteiger partial charge is 0.411 e. The number of nitrogens with one attached hydrogen (secondary N) is 1. The summed E-state index contributed by atoms with van der Waals surface area (Å²) in [5, 5.41) is 2.43. The molecular formula is C13H11FN2O2. The van der Waals surface area contributed by atoms with Crippen molar-refractivity contribution in [3.8, 4) is 0 Å². The molecule has 0 saturated heterocycles. The van der Waals surface area contributed by atoms with Gasteiger partial charge in [0.25, 0.3) is 0 Å². The zero-order chi connectivity index (χ0) is 12.8. The van der Waals surface area contributed by atoms with Crippen LogP contribution in [0.2, 0.25) is 0 Å². The van der Waals surface area contributed by atoms with Gasteiger partial charge in [-0.2, -0.15) is 0 Å². The Labute approximate surface area is 103 Å². The van der Waals surface area contributed by atoms with Gasteiger partial charge in [-0.15, -0.1) is 0 Å². The third-order valence-corrected chi connectivity index (χ3v) is 2.16. The van der Waals surface area contributed by atoms with E-state index in [1.807, 2.05) is 0 Å². The molecule has 2 rings (SSSR count). The predicted molar refractivity (Wildman–Crippen MR) is 64.4 cm³/mol. The fourth-order valence-corrected chi connectivity index (χ4v) is 1.35. The molecule has 0 saturated carbocycles. The third-order valence-electron chi connectivity index (χ3n) is 2.16. The highest BCUT2D eigenvalue weighted by Crippen LogP contribution is 2.09. The van der Waals surface area contributed by atoms with E-state index in [-0.39, 0.29) is 6.61 Å². The summed E-state index contributed by atoms with van der Waals surface area (Å²) in [6.07, 6.45) is 2.61. The zero-order valence-corrected chi connectivity index (χ0v) is 9.47. The van der Waals surface area contributed by atoms with Gasteiger partial charge in [-0.1, -0.05) is 12.1 Å². The van der Waals surface area contributed by atoms with Gasteiger partial charge in [-0.05, 0) is 24.3 Å². The molecule has 0 radical (unpaired) electrons. The largest absolute Gasteiger partial charge is 0.444 e. The summed E-state index contributed by atoms with van der Waals surface area (Å²) in [7, 11) is 0. The molecule has 0 bridgehead atoms. The first kappa shape index (κ1) is 12.0. The number of carbonyl (C=O) groups excluding carboxylic acids is 1. The Bertz CT molecular complexity index is 532. The Kier molecular flexibility index (Phi) is 3.86. The number of nitrogens with zero attached hydrogens (tertiary/aromatic N) is 1. The molecule has 1 aromatic carbocycles. The van der Waals surface area contributed by atoms with Crippen LogP contribution in [0, 0.1) is 5.82 Å². The first-order valence-corrected chi connectivity index (χ1v) is 5.32. The van der Waals surface area contributed by atoms with Crippen LogP contribution < -0.4 is 5.32 Å². The molecule has 18 heavy (non-hydrogen) atoms. The summed E-state index contributed by atoms with van der Waals surface area (Å²) in [6.45, 7) is 0.120. The second-order valence-electron chi connectivity index (χ2n) is 3.57. The molecule has 0 aliphatic carbocycles. The zero-order valence-electron chi connectivity index (χ0n) is 9.47. The molecule has 1 N–H and O–H groups in total. The first-order chi connectivity index (χ1) is 8.74. The van der Waals surface area contributed by atoms with Crippen LogP contribution in [0.15, 0.2) is 48.8 Å². The monoisotopic (exact) mass is 246 g/mol. The van der Waals surface area contributed by atoms with Crippen molar-refractivity contribution in [1.29, 1.82) is 0 Å². The van der Waals surface area contributed by atoms with Gasteiger partial charge < -0.3 is 4.74 Å². The molecule has 1 aromatic heterocycles. The molecule has 5 heteroatoms. The van der Waals surface area contributed by atoms with Gasteiger partial charge in [-0.25, -0.2) is 9.18 Å². The van der Waals surface area contributed by atoms with Crippen molar-refractivity contribution in [3.05, 3.63) is 60.2 Å². The Balaban J connectivity index is 1.86.